The Balaban J connectivity index is 1.36. The maximum atomic E-state index is 12.6. The molecule has 1 spiro atoms. The van der Waals surface area contributed by atoms with Crippen LogP contribution in [0.2, 0.25) is 0 Å². The number of thiophene rings is 1. The molecule has 6 nitrogen and oxygen atoms in total. The third-order valence-electron chi connectivity index (χ3n) is 5.00. The molecule has 4 rings (SSSR count). The fraction of sp³-hybridized carbons (Fsp3) is 0.500. The number of hydrogen-bond donors (Lipinski definition) is 1. The zero-order valence-electron chi connectivity index (χ0n) is 14.1. The van der Waals surface area contributed by atoms with Gasteiger partial charge in [-0.2, -0.15) is 11.3 Å². The van der Waals surface area contributed by atoms with Crippen LogP contribution in [0.15, 0.2) is 35.3 Å². The van der Waals surface area contributed by atoms with Crippen molar-refractivity contribution in [3.05, 3.63) is 40.8 Å². The van der Waals surface area contributed by atoms with E-state index in [2.05, 4.69) is 15.3 Å². The number of amides is 1. The molecule has 0 radical (unpaired) electrons. The standard InChI is InChI=1S/C18H22N4O2S/c23-16(10-14-3-9-25-12-14)22-7-4-18(13-22)11-15(2-8-24-18)21-17-19-5-1-6-20-17/h1,3,5-6,9,12,15H,2,4,7-8,10-11,13H2,(H,19,20,21)/t15-,18-/m0/s1. The predicted molar refractivity (Wildman–Crippen MR) is 96.6 cm³/mol. The van der Waals surface area contributed by atoms with Crippen LogP contribution in [0, 0.1) is 0 Å². The number of rotatable bonds is 4. The lowest BCUT2D eigenvalue weighted by atomic mass is 9.89. The number of carbonyl (C=O) groups is 1. The van der Waals surface area contributed by atoms with Gasteiger partial charge in [0.2, 0.25) is 11.9 Å². The van der Waals surface area contributed by atoms with Crippen molar-refractivity contribution in [2.24, 2.45) is 0 Å². The maximum absolute atomic E-state index is 12.6. The first-order valence-corrected chi connectivity index (χ1v) is 9.63. The smallest absolute Gasteiger partial charge is 0.227 e. The molecule has 4 heterocycles. The Morgan fingerprint density at radius 1 is 1.44 bits per heavy atom. The molecular weight excluding hydrogens is 336 g/mol. The second-order valence-electron chi connectivity index (χ2n) is 6.81. The molecule has 2 aromatic rings. The van der Waals surface area contributed by atoms with E-state index in [1.54, 1.807) is 23.7 Å². The third kappa shape index (κ3) is 3.82. The minimum absolute atomic E-state index is 0.195. The summed E-state index contributed by atoms with van der Waals surface area (Å²) in [4.78, 5) is 23.0. The lowest BCUT2D eigenvalue weighted by molar-refractivity contribution is -0.132. The number of aromatic nitrogens is 2. The number of anilines is 1. The highest BCUT2D eigenvalue weighted by atomic mass is 32.1. The van der Waals surface area contributed by atoms with Crippen LogP contribution in [-0.4, -0.2) is 52.1 Å². The SMILES string of the molecule is O=C(Cc1ccsc1)N1CC[C@]2(C[C@@H](Nc3ncccn3)CCO2)C1. The predicted octanol–water partition coefficient (Wildman–Crippen LogP) is 2.34. The molecule has 0 saturated carbocycles. The molecule has 0 unspecified atom stereocenters. The fourth-order valence-electron chi connectivity index (χ4n) is 3.73. The van der Waals surface area contributed by atoms with Crippen LogP contribution in [0.3, 0.4) is 0 Å². The topological polar surface area (TPSA) is 67.4 Å². The van der Waals surface area contributed by atoms with Crippen molar-refractivity contribution in [1.82, 2.24) is 14.9 Å². The van der Waals surface area contributed by atoms with Crippen LogP contribution < -0.4 is 5.32 Å². The minimum Gasteiger partial charge on any atom is -0.373 e. The molecular formula is C18H22N4O2S. The van der Waals surface area contributed by atoms with Crippen LogP contribution in [0.1, 0.15) is 24.8 Å². The molecule has 1 N–H and O–H groups in total. The van der Waals surface area contributed by atoms with E-state index in [9.17, 15) is 4.79 Å². The van der Waals surface area contributed by atoms with E-state index in [0.717, 1.165) is 31.4 Å². The van der Waals surface area contributed by atoms with Crippen molar-refractivity contribution < 1.29 is 9.53 Å². The van der Waals surface area contributed by atoms with Crippen LogP contribution >= 0.6 is 11.3 Å². The fourth-order valence-corrected chi connectivity index (χ4v) is 4.40. The summed E-state index contributed by atoms with van der Waals surface area (Å²) in [5.74, 6) is 0.855. The zero-order chi connectivity index (χ0) is 17.1. The number of ether oxygens (including phenoxy) is 1. The van der Waals surface area contributed by atoms with E-state index in [-0.39, 0.29) is 17.6 Å². The van der Waals surface area contributed by atoms with Gasteiger partial charge in [0.25, 0.3) is 0 Å². The van der Waals surface area contributed by atoms with Crippen LogP contribution in [0.5, 0.6) is 0 Å². The summed E-state index contributed by atoms with van der Waals surface area (Å²) in [6.07, 6.45) is 6.68. The molecule has 1 amide bonds. The lowest BCUT2D eigenvalue weighted by Crippen LogP contribution is -2.47. The summed E-state index contributed by atoms with van der Waals surface area (Å²) < 4.78 is 6.14. The van der Waals surface area contributed by atoms with E-state index in [1.807, 2.05) is 27.8 Å². The normalized spacial score (nSPS) is 26.1. The monoisotopic (exact) mass is 358 g/mol. The van der Waals surface area contributed by atoms with Gasteiger partial charge in [-0.1, -0.05) is 0 Å². The third-order valence-corrected chi connectivity index (χ3v) is 5.73. The van der Waals surface area contributed by atoms with E-state index < -0.39 is 0 Å². The number of hydrogen-bond acceptors (Lipinski definition) is 6. The Morgan fingerprint density at radius 2 is 2.32 bits per heavy atom. The van der Waals surface area contributed by atoms with Crippen LogP contribution in [0.25, 0.3) is 0 Å². The zero-order valence-corrected chi connectivity index (χ0v) is 14.9. The molecule has 2 aliphatic heterocycles. The lowest BCUT2D eigenvalue weighted by Gasteiger charge is -2.38. The second-order valence-corrected chi connectivity index (χ2v) is 7.59. The van der Waals surface area contributed by atoms with Gasteiger partial charge in [0.05, 0.1) is 12.0 Å². The number of nitrogens with one attached hydrogen (secondary N) is 1. The summed E-state index contributed by atoms with van der Waals surface area (Å²) in [6, 6.07) is 4.11. The Bertz CT molecular complexity index is 709. The van der Waals surface area contributed by atoms with Gasteiger partial charge in [-0.3, -0.25) is 4.79 Å². The van der Waals surface area contributed by atoms with Crippen molar-refractivity contribution in [1.29, 1.82) is 0 Å². The first-order valence-electron chi connectivity index (χ1n) is 8.69. The summed E-state index contributed by atoms with van der Waals surface area (Å²) in [5.41, 5.74) is 0.871. The first kappa shape index (κ1) is 16.5. The van der Waals surface area contributed by atoms with E-state index in [0.29, 0.717) is 25.5 Å². The van der Waals surface area contributed by atoms with Gasteiger partial charge in [0.1, 0.15) is 0 Å². The average Bonchev–Trinajstić information content (AvgIpc) is 3.26. The van der Waals surface area contributed by atoms with Gasteiger partial charge in [-0.15, -0.1) is 0 Å². The first-order chi connectivity index (χ1) is 12.2. The molecule has 0 aromatic carbocycles. The molecule has 7 heteroatoms. The van der Waals surface area contributed by atoms with Crippen LogP contribution in [-0.2, 0) is 16.0 Å². The van der Waals surface area contributed by atoms with Crippen molar-refractivity contribution in [3.8, 4) is 0 Å². The molecule has 2 fully saturated rings. The largest absolute Gasteiger partial charge is 0.373 e. The Labute approximate surface area is 151 Å². The molecule has 132 valence electrons. The van der Waals surface area contributed by atoms with Crippen molar-refractivity contribution in [3.63, 3.8) is 0 Å². The van der Waals surface area contributed by atoms with Gasteiger partial charge in [0, 0.05) is 38.1 Å². The summed E-state index contributed by atoms with van der Waals surface area (Å²) in [7, 11) is 0. The molecule has 25 heavy (non-hydrogen) atoms. The number of nitrogens with zero attached hydrogens (tertiary/aromatic N) is 3. The summed E-state index contributed by atoms with van der Waals surface area (Å²) >= 11 is 1.63. The number of carbonyl (C=O) groups excluding carboxylic acids is 1. The molecule has 2 atom stereocenters. The van der Waals surface area contributed by atoms with Crippen molar-refractivity contribution >= 4 is 23.2 Å². The van der Waals surface area contributed by atoms with Crippen LogP contribution in [0.4, 0.5) is 5.95 Å². The molecule has 0 aliphatic carbocycles. The highest BCUT2D eigenvalue weighted by Gasteiger charge is 2.44. The highest BCUT2D eigenvalue weighted by Crippen LogP contribution is 2.35. The Hall–Kier alpha value is -1.99. The average molecular weight is 358 g/mol. The molecule has 0 bridgehead atoms. The van der Waals surface area contributed by atoms with Gasteiger partial charge in [-0.25, -0.2) is 9.97 Å². The quantitative estimate of drug-likeness (QED) is 0.909. The van der Waals surface area contributed by atoms with Gasteiger partial charge < -0.3 is 15.0 Å². The Kier molecular flexibility index (Phi) is 4.67. The molecule has 2 saturated heterocycles. The van der Waals surface area contributed by atoms with E-state index in [1.165, 1.54) is 0 Å². The maximum Gasteiger partial charge on any atom is 0.227 e. The van der Waals surface area contributed by atoms with Gasteiger partial charge >= 0.3 is 0 Å². The van der Waals surface area contributed by atoms with Crippen molar-refractivity contribution in [2.75, 3.05) is 25.0 Å². The van der Waals surface area contributed by atoms with E-state index in [4.69, 9.17) is 4.74 Å². The van der Waals surface area contributed by atoms with Crippen molar-refractivity contribution in [2.45, 2.75) is 37.3 Å². The number of likely N-dealkylation sites (tertiary alicyclic amines) is 1. The summed E-state index contributed by atoms with van der Waals surface area (Å²) in [5, 5.41) is 7.46. The summed E-state index contributed by atoms with van der Waals surface area (Å²) in [6.45, 7) is 2.17. The highest BCUT2D eigenvalue weighted by molar-refractivity contribution is 7.08. The van der Waals surface area contributed by atoms with Gasteiger partial charge in [0.15, 0.2) is 0 Å². The molecule has 2 aromatic heterocycles. The second kappa shape index (κ2) is 7.09. The van der Waals surface area contributed by atoms with E-state index >= 15 is 0 Å². The minimum atomic E-state index is -0.227. The Morgan fingerprint density at radius 3 is 3.12 bits per heavy atom. The molecule has 2 aliphatic rings. The van der Waals surface area contributed by atoms with Gasteiger partial charge in [-0.05, 0) is 47.7 Å².